The highest BCUT2D eigenvalue weighted by molar-refractivity contribution is 7.22. The molecule has 7 heteroatoms. The zero-order chi connectivity index (χ0) is 18.8. The molecule has 0 bridgehead atoms. The number of nitrogens with zero attached hydrogens (tertiary/aromatic N) is 2. The predicted molar refractivity (Wildman–Crippen MR) is 108 cm³/mol. The van der Waals surface area contributed by atoms with Gasteiger partial charge in [0.2, 0.25) is 0 Å². The Hall–Kier alpha value is -2.02. The van der Waals surface area contributed by atoms with Crippen LogP contribution in [-0.4, -0.2) is 36.4 Å². The van der Waals surface area contributed by atoms with Crippen LogP contribution in [0.25, 0.3) is 20.5 Å². The fourth-order valence-corrected chi connectivity index (χ4v) is 4.70. The molecule has 1 amide bonds. The lowest BCUT2D eigenvalue weighted by Crippen LogP contribution is -2.22. The lowest BCUT2D eigenvalue weighted by molar-refractivity contribution is 0.0547. The Balaban J connectivity index is 1.79. The second-order valence-corrected chi connectivity index (χ2v) is 8.21. The minimum atomic E-state index is -0.218. The molecule has 1 aromatic carbocycles. The third kappa shape index (κ3) is 3.83. The van der Waals surface area contributed by atoms with Gasteiger partial charge < -0.3 is 10.1 Å². The molecule has 1 saturated heterocycles. The zero-order valence-electron chi connectivity index (χ0n) is 15.0. The molecule has 1 atom stereocenters. The first-order chi connectivity index (χ1) is 13.2. The van der Waals surface area contributed by atoms with Crippen LogP contribution in [0.2, 0.25) is 5.02 Å². The van der Waals surface area contributed by atoms with Crippen LogP contribution in [0.4, 0.5) is 0 Å². The molecular formula is C20H20ClN3O2S. The number of ether oxygens (including phenoxy) is 1. The fraction of sp³-hybridized carbons (Fsp3) is 0.350. The summed E-state index contributed by atoms with van der Waals surface area (Å²) in [6.45, 7) is 1.60. The van der Waals surface area contributed by atoms with Crippen LogP contribution in [0.1, 0.15) is 29.0 Å². The molecule has 5 nitrogen and oxygen atoms in total. The highest BCUT2D eigenvalue weighted by Crippen LogP contribution is 2.37. The third-order valence-corrected chi connectivity index (χ3v) is 6.28. The SMILES string of the molecule is CNC(=O)c1nnc(CC2CCCOC2)c2cc(-c3ccc(Cl)cc3)sc12. The summed E-state index contributed by atoms with van der Waals surface area (Å²) in [7, 11) is 1.61. The second-order valence-electron chi connectivity index (χ2n) is 6.72. The predicted octanol–water partition coefficient (Wildman–Crippen LogP) is 4.34. The fourth-order valence-electron chi connectivity index (χ4n) is 3.41. The van der Waals surface area contributed by atoms with E-state index in [1.165, 1.54) is 0 Å². The molecule has 4 rings (SSSR count). The average Bonchev–Trinajstić information content (AvgIpc) is 3.15. The second kappa shape index (κ2) is 7.92. The molecule has 0 aliphatic carbocycles. The normalized spacial score (nSPS) is 17.2. The van der Waals surface area contributed by atoms with Crippen molar-refractivity contribution in [2.45, 2.75) is 19.3 Å². The average molecular weight is 402 g/mol. The van der Waals surface area contributed by atoms with E-state index in [4.69, 9.17) is 16.3 Å². The van der Waals surface area contributed by atoms with E-state index in [2.05, 4.69) is 21.6 Å². The lowest BCUT2D eigenvalue weighted by atomic mass is 9.95. The van der Waals surface area contributed by atoms with Crippen LogP contribution in [0.5, 0.6) is 0 Å². The van der Waals surface area contributed by atoms with Crippen molar-refractivity contribution in [3.05, 3.63) is 46.7 Å². The molecular weight excluding hydrogens is 382 g/mol. The van der Waals surface area contributed by atoms with Gasteiger partial charge >= 0.3 is 0 Å². The number of carbonyl (C=O) groups excluding carboxylic acids is 1. The molecule has 3 aromatic rings. The van der Waals surface area contributed by atoms with Crippen molar-refractivity contribution < 1.29 is 9.53 Å². The summed E-state index contributed by atoms with van der Waals surface area (Å²) >= 11 is 7.58. The number of benzene rings is 1. The van der Waals surface area contributed by atoms with E-state index in [1.54, 1.807) is 18.4 Å². The number of hydrogen-bond donors (Lipinski definition) is 1. The van der Waals surface area contributed by atoms with Crippen LogP contribution >= 0.6 is 22.9 Å². The Morgan fingerprint density at radius 1 is 1.33 bits per heavy atom. The van der Waals surface area contributed by atoms with Gasteiger partial charge in [0.1, 0.15) is 0 Å². The molecule has 1 unspecified atom stereocenters. The first-order valence-corrected chi connectivity index (χ1v) is 10.2. The minimum absolute atomic E-state index is 0.218. The van der Waals surface area contributed by atoms with E-state index in [1.807, 2.05) is 24.3 Å². The molecule has 1 N–H and O–H groups in total. The van der Waals surface area contributed by atoms with Gasteiger partial charge in [-0.1, -0.05) is 23.7 Å². The summed E-state index contributed by atoms with van der Waals surface area (Å²) in [6.07, 6.45) is 3.03. The van der Waals surface area contributed by atoms with Gasteiger partial charge in [-0.25, -0.2) is 0 Å². The summed E-state index contributed by atoms with van der Waals surface area (Å²) in [5, 5.41) is 13.0. The summed E-state index contributed by atoms with van der Waals surface area (Å²) < 4.78 is 6.49. The molecule has 3 heterocycles. The first kappa shape index (κ1) is 18.3. The number of carbonyl (C=O) groups is 1. The Kier molecular flexibility index (Phi) is 5.38. The molecule has 27 heavy (non-hydrogen) atoms. The van der Waals surface area contributed by atoms with Gasteiger partial charge in [-0.2, -0.15) is 5.10 Å². The standard InChI is InChI=1S/C20H20ClN3O2S/c1-22-20(25)18-19-15(10-17(27-19)13-4-6-14(21)7-5-13)16(23-24-18)9-12-3-2-8-26-11-12/h4-7,10,12H,2-3,8-9,11H2,1H3,(H,22,25). The number of aromatic nitrogens is 2. The number of rotatable bonds is 4. The Morgan fingerprint density at radius 2 is 2.15 bits per heavy atom. The molecule has 2 aromatic heterocycles. The van der Waals surface area contributed by atoms with Crippen molar-refractivity contribution in [2.24, 2.45) is 5.92 Å². The lowest BCUT2D eigenvalue weighted by Gasteiger charge is -2.21. The molecule has 0 radical (unpaired) electrons. The summed E-state index contributed by atoms with van der Waals surface area (Å²) in [6, 6.07) is 9.84. The van der Waals surface area contributed by atoms with E-state index >= 15 is 0 Å². The van der Waals surface area contributed by atoms with E-state index in [0.717, 1.165) is 58.7 Å². The number of hydrogen-bond acceptors (Lipinski definition) is 5. The van der Waals surface area contributed by atoms with Crippen molar-refractivity contribution in [1.82, 2.24) is 15.5 Å². The Bertz CT molecular complexity index is 965. The largest absolute Gasteiger partial charge is 0.381 e. The number of halogens is 1. The quantitative estimate of drug-likeness (QED) is 0.706. The maximum absolute atomic E-state index is 12.3. The molecule has 140 valence electrons. The summed E-state index contributed by atoms with van der Waals surface area (Å²) in [4.78, 5) is 13.3. The van der Waals surface area contributed by atoms with E-state index in [9.17, 15) is 4.79 Å². The van der Waals surface area contributed by atoms with Crippen molar-refractivity contribution in [2.75, 3.05) is 20.3 Å². The number of amides is 1. The molecule has 1 fully saturated rings. The molecule has 0 spiro atoms. The van der Waals surface area contributed by atoms with Crippen LogP contribution in [0.3, 0.4) is 0 Å². The van der Waals surface area contributed by atoms with Crippen LogP contribution < -0.4 is 5.32 Å². The van der Waals surface area contributed by atoms with Gasteiger partial charge in [0.05, 0.1) is 10.4 Å². The summed E-state index contributed by atoms with van der Waals surface area (Å²) in [5.41, 5.74) is 2.38. The van der Waals surface area contributed by atoms with Crippen LogP contribution in [-0.2, 0) is 11.2 Å². The minimum Gasteiger partial charge on any atom is -0.381 e. The van der Waals surface area contributed by atoms with Gasteiger partial charge in [0.25, 0.3) is 5.91 Å². The highest BCUT2D eigenvalue weighted by Gasteiger charge is 2.22. The maximum atomic E-state index is 12.3. The summed E-state index contributed by atoms with van der Waals surface area (Å²) in [5.74, 6) is 0.227. The van der Waals surface area contributed by atoms with Gasteiger partial charge in [0, 0.05) is 35.5 Å². The molecule has 1 aliphatic rings. The van der Waals surface area contributed by atoms with Gasteiger partial charge in [-0.3, -0.25) is 4.79 Å². The van der Waals surface area contributed by atoms with E-state index in [-0.39, 0.29) is 5.91 Å². The Labute approximate surface area is 166 Å². The smallest absolute Gasteiger partial charge is 0.273 e. The van der Waals surface area contributed by atoms with Crippen LogP contribution in [0.15, 0.2) is 30.3 Å². The maximum Gasteiger partial charge on any atom is 0.273 e. The first-order valence-electron chi connectivity index (χ1n) is 9.00. The van der Waals surface area contributed by atoms with Gasteiger partial charge in [-0.15, -0.1) is 16.4 Å². The Morgan fingerprint density at radius 3 is 2.85 bits per heavy atom. The van der Waals surface area contributed by atoms with Crippen molar-refractivity contribution in [3.8, 4) is 10.4 Å². The number of nitrogens with one attached hydrogen (secondary N) is 1. The van der Waals surface area contributed by atoms with Crippen molar-refractivity contribution in [1.29, 1.82) is 0 Å². The van der Waals surface area contributed by atoms with E-state index in [0.29, 0.717) is 16.6 Å². The molecule has 0 saturated carbocycles. The van der Waals surface area contributed by atoms with Crippen molar-refractivity contribution >= 4 is 38.9 Å². The van der Waals surface area contributed by atoms with Crippen molar-refractivity contribution in [3.63, 3.8) is 0 Å². The monoisotopic (exact) mass is 401 g/mol. The topological polar surface area (TPSA) is 64.1 Å². The van der Waals surface area contributed by atoms with Crippen LogP contribution in [0, 0.1) is 5.92 Å². The number of fused-ring (bicyclic) bond motifs is 1. The van der Waals surface area contributed by atoms with Gasteiger partial charge in [-0.05, 0) is 48.9 Å². The van der Waals surface area contributed by atoms with E-state index < -0.39 is 0 Å². The number of thiophene rings is 1. The van der Waals surface area contributed by atoms with Gasteiger partial charge in [0.15, 0.2) is 5.69 Å². The third-order valence-electron chi connectivity index (χ3n) is 4.84. The molecule has 1 aliphatic heterocycles. The highest BCUT2D eigenvalue weighted by atomic mass is 35.5. The zero-order valence-corrected chi connectivity index (χ0v) is 16.6.